The minimum absolute atomic E-state index is 0.594. The van der Waals surface area contributed by atoms with Gasteiger partial charge in [-0.3, -0.25) is 4.98 Å². The lowest BCUT2D eigenvalue weighted by Crippen LogP contribution is -1.97. The van der Waals surface area contributed by atoms with E-state index >= 15 is 0 Å². The average Bonchev–Trinajstić information content (AvgIpc) is 2.17. The standard InChI is InChI=1S/C11H17N/c1-4-9(3)11-8-6-7-10(5-2)12-11/h6-9H,4-5H2,1-3H3. The second kappa shape index (κ2) is 4.24. The highest BCUT2D eigenvalue weighted by molar-refractivity contribution is 5.14. The molecule has 0 bridgehead atoms. The van der Waals surface area contributed by atoms with Crippen LogP contribution in [0.4, 0.5) is 0 Å². The summed E-state index contributed by atoms with van der Waals surface area (Å²) in [6, 6.07) is 6.31. The van der Waals surface area contributed by atoms with E-state index in [2.05, 4.69) is 44.0 Å². The number of pyridine rings is 1. The first-order valence-electron chi connectivity index (χ1n) is 4.73. The zero-order chi connectivity index (χ0) is 8.97. The maximum absolute atomic E-state index is 4.56. The van der Waals surface area contributed by atoms with Crippen LogP contribution in [0.3, 0.4) is 0 Å². The van der Waals surface area contributed by atoms with E-state index in [1.165, 1.54) is 17.8 Å². The number of hydrogen-bond donors (Lipinski definition) is 0. The Labute approximate surface area is 74.8 Å². The van der Waals surface area contributed by atoms with Crippen molar-refractivity contribution in [1.29, 1.82) is 0 Å². The van der Waals surface area contributed by atoms with Gasteiger partial charge in [0.2, 0.25) is 0 Å². The van der Waals surface area contributed by atoms with Crippen molar-refractivity contribution in [1.82, 2.24) is 4.98 Å². The van der Waals surface area contributed by atoms with Crippen molar-refractivity contribution in [3.63, 3.8) is 0 Å². The van der Waals surface area contributed by atoms with Gasteiger partial charge in [0.1, 0.15) is 0 Å². The maximum atomic E-state index is 4.56. The molecule has 0 amide bonds. The van der Waals surface area contributed by atoms with Crippen LogP contribution in [-0.2, 0) is 6.42 Å². The molecule has 1 heteroatoms. The molecule has 1 atom stereocenters. The second-order valence-electron chi connectivity index (χ2n) is 3.22. The van der Waals surface area contributed by atoms with Gasteiger partial charge in [0, 0.05) is 11.4 Å². The van der Waals surface area contributed by atoms with Crippen LogP contribution in [0, 0.1) is 0 Å². The molecule has 0 saturated carbocycles. The Hall–Kier alpha value is -0.850. The molecule has 0 aromatic carbocycles. The molecule has 0 N–H and O–H groups in total. The van der Waals surface area contributed by atoms with E-state index < -0.39 is 0 Å². The minimum atomic E-state index is 0.594. The van der Waals surface area contributed by atoms with Crippen LogP contribution in [0.25, 0.3) is 0 Å². The van der Waals surface area contributed by atoms with Gasteiger partial charge in [-0.15, -0.1) is 0 Å². The van der Waals surface area contributed by atoms with Crippen LogP contribution in [0.15, 0.2) is 18.2 Å². The Morgan fingerprint density at radius 2 is 2.08 bits per heavy atom. The summed E-state index contributed by atoms with van der Waals surface area (Å²) in [4.78, 5) is 4.56. The first kappa shape index (κ1) is 9.24. The largest absolute Gasteiger partial charge is 0.258 e. The first-order valence-corrected chi connectivity index (χ1v) is 4.73. The summed E-state index contributed by atoms with van der Waals surface area (Å²) >= 11 is 0. The molecule has 1 aromatic rings. The molecule has 0 radical (unpaired) electrons. The molecule has 1 aromatic heterocycles. The molecule has 1 heterocycles. The van der Waals surface area contributed by atoms with Crippen molar-refractivity contribution in [2.24, 2.45) is 0 Å². The zero-order valence-corrected chi connectivity index (χ0v) is 8.17. The third kappa shape index (κ3) is 2.07. The predicted molar refractivity (Wildman–Crippen MR) is 52.3 cm³/mol. The monoisotopic (exact) mass is 163 g/mol. The fourth-order valence-electron chi connectivity index (χ4n) is 1.18. The SMILES string of the molecule is CCc1cccc(C(C)CC)n1. The molecule has 1 unspecified atom stereocenters. The van der Waals surface area contributed by atoms with Gasteiger partial charge in [-0.05, 0) is 30.9 Å². The van der Waals surface area contributed by atoms with Crippen LogP contribution >= 0.6 is 0 Å². The Morgan fingerprint density at radius 3 is 2.67 bits per heavy atom. The fourth-order valence-corrected chi connectivity index (χ4v) is 1.18. The quantitative estimate of drug-likeness (QED) is 0.667. The van der Waals surface area contributed by atoms with Crippen molar-refractivity contribution in [3.05, 3.63) is 29.6 Å². The fraction of sp³-hybridized carbons (Fsp3) is 0.545. The molecular weight excluding hydrogens is 146 g/mol. The highest BCUT2D eigenvalue weighted by atomic mass is 14.7. The molecular formula is C11H17N. The molecule has 12 heavy (non-hydrogen) atoms. The van der Waals surface area contributed by atoms with Crippen molar-refractivity contribution in [2.45, 2.75) is 39.5 Å². The molecule has 0 saturated heterocycles. The number of hydrogen-bond acceptors (Lipinski definition) is 1. The summed E-state index contributed by atoms with van der Waals surface area (Å²) in [6.45, 7) is 6.56. The van der Waals surface area contributed by atoms with Crippen LogP contribution in [-0.4, -0.2) is 4.98 Å². The lowest BCUT2D eigenvalue weighted by molar-refractivity contribution is 0.702. The molecule has 1 nitrogen and oxygen atoms in total. The summed E-state index contributed by atoms with van der Waals surface area (Å²) < 4.78 is 0. The van der Waals surface area contributed by atoms with E-state index in [9.17, 15) is 0 Å². The third-order valence-electron chi connectivity index (χ3n) is 2.31. The van der Waals surface area contributed by atoms with Gasteiger partial charge in [-0.2, -0.15) is 0 Å². The molecule has 0 spiro atoms. The topological polar surface area (TPSA) is 12.9 Å². The van der Waals surface area contributed by atoms with Crippen molar-refractivity contribution in [3.8, 4) is 0 Å². The Balaban J connectivity index is 2.86. The van der Waals surface area contributed by atoms with E-state index in [0.717, 1.165) is 6.42 Å². The van der Waals surface area contributed by atoms with E-state index in [-0.39, 0.29) is 0 Å². The molecule has 0 aliphatic carbocycles. The Morgan fingerprint density at radius 1 is 1.33 bits per heavy atom. The number of nitrogens with zero attached hydrogens (tertiary/aromatic N) is 1. The van der Waals surface area contributed by atoms with Crippen LogP contribution in [0.1, 0.15) is 44.5 Å². The maximum Gasteiger partial charge on any atom is 0.0434 e. The Bertz CT molecular complexity index is 243. The van der Waals surface area contributed by atoms with Gasteiger partial charge in [0.25, 0.3) is 0 Å². The van der Waals surface area contributed by atoms with Crippen LogP contribution < -0.4 is 0 Å². The van der Waals surface area contributed by atoms with E-state index in [0.29, 0.717) is 5.92 Å². The number of aryl methyl sites for hydroxylation is 1. The predicted octanol–water partition coefficient (Wildman–Crippen LogP) is 3.16. The smallest absolute Gasteiger partial charge is 0.0434 e. The van der Waals surface area contributed by atoms with Crippen molar-refractivity contribution in [2.75, 3.05) is 0 Å². The summed E-state index contributed by atoms with van der Waals surface area (Å²) in [7, 11) is 0. The van der Waals surface area contributed by atoms with Crippen LogP contribution in [0.2, 0.25) is 0 Å². The molecule has 1 rings (SSSR count). The normalized spacial score (nSPS) is 12.9. The number of rotatable bonds is 3. The summed E-state index contributed by atoms with van der Waals surface area (Å²) in [5, 5.41) is 0. The zero-order valence-electron chi connectivity index (χ0n) is 8.17. The van der Waals surface area contributed by atoms with Gasteiger partial charge in [0.15, 0.2) is 0 Å². The van der Waals surface area contributed by atoms with Gasteiger partial charge in [-0.1, -0.05) is 26.8 Å². The molecule has 0 aliphatic heterocycles. The Kier molecular flexibility index (Phi) is 3.27. The van der Waals surface area contributed by atoms with E-state index in [4.69, 9.17) is 0 Å². The summed E-state index contributed by atoms with van der Waals surface area (Å²) in [6.07, 6.45) is 2.20. The van der Waals surface area contributed by atoms with Crippen molar-refractivity contribution >= 4 is 0 Å². The lowest BCUT2D eigenvalue weighted by Gasteiger charge is -2.08. The van der Waals surface area contributed by atoms with E-state index in [1.54, 1.807) is 0 Å². The third-order valence-corrected chi connectivity index (χ3v) is 2.31. The van der Waals surface area contributed by atoms with Gasteiger partial charge in [0.05, 0.1) is 0 Å². The second-order valence-corrected chi connectivity index (χ2v) is 3.22. The first-order chi connectivity index (χ1) is 5.77. The summed E-state index contributed by atoms with van der Waals surface area (Å²) in [5.41, 5.74) is 2.43. The number of aromatic nitrogens is 1. The van der Waals surface area contributed by atoms with Crippen molar-refractivity contribution < 1.29 is 0 Å². The van der Waals surface area contributed by atoms with Gasteiger partial charge in [-0.25, -0.2) is 0 Å². The molecule has 66 valence electrons. The highest BCUT2D eigenvalue weighted by Gasteiger charge is 2.03. The minimum Gasteiger partial charge on any atom is -0.258 e. The van der Waals surface area contributed by atoms with Crippen LogP contribution in [0.5, 0.6) is 0 Å². The van der Waals surface area contributed by atoms with Gasteiger partial charge >= 0.3 is 0 Å². The van der Waals surface area contributed by atoms with Gasteiger partial charge < -0.3 is 0 Å². The lowest BCUT2D eigenvalue weighted by atomic mass is 10.0. The molecule has 0 fully saturated rings. The average molecular weight is 163 g/mol. The van der Waals surface area contributed by atoms with E-state index in [1.807, 2.05) is 0 Å². The highest BCUT2D eigenvalue weighted by Crippen LogP contribution is 2.16. The molecule has 0 aliphatic rings. The summed E-state index contributed by atoms with van der Waals surface area (Å²) in [5.74, 6) is 0.594.